The molecule has 0 bridgehead atoms. The first-order valence-corrected chi connectivity index (χ1v) is 11.5. The summed E-state index contributed by atoms with van der Waals surface area (Å²) in [7, 11) is 0. The zero-order valence-corrected chi connectivity index (χ0v) is 20.2. The molecule has 3 rings (SSSR count). The zero-order chi connectivity index (χ0) is 24.2. The van der Waals surface area contributed by atoms with Crippen molar-refractivity contribution < 1.29 is 14.3 Å². The normalized spacial score (nSPS) is 20.7. The van der Waals surface area contributed by atoms with Gasteiger partial charge in [0.05, 0.1) is 6.04 Å². The predicted molar refractivity (Wildman–Crippen MR) is 128 cm³/mol. The van der Waals surface area contributed by atoms with Crippen molar-refractivity contribution in [3.05, 3.63) is 57.3 Å². The number of halogens is 1. The number of benzene rings is 1. The Morgan fingerprint density at radius 2 is 1.97 bits per heavy atom. The standard InChI is InChI=1S/C24H31ClN4O4/c1-15(30)27-21-10-11-22(31)29(28-21)20-9-8-17(16-6-5-7-19(25)13-16)12-18(20)14-26-23(32)33-24(2,3)4/h5-7,10-11,13,17-18,20H,8-9,12,14H2,1-4H3,(H,26,32)(H,27,28,30). The molecule has 0 saturated heterocycles. The number of anilines is 1. The van der Waals surface area contributed by atoms with Crippen LogP contribution in [0.1, 0.15) is 64.5 Å². The predicted octanol–water partition coefficient (Wildman–Crippen LogP) is 4.50. The maximum atomic E-state index is 12.7. The number of nitrogens with one attached hydrogen (secondary N) is 2. The molecule has 3 unspecified atom stereocenters. The monoisotopic (exact) mass is 474 g/mol. The number of alkyl carbamates (subject to hydrolysis) is 1. The first-order chi connectivity index (χ1) is 15.5. The third kappa shape index (κ3) is 7.05. The minimum absolute atomic E-state index is 0.0759. The zero-order valence-electron chi connectivity index (χ0n) is 19.4. The first kappa shape index (κ1) is 24.8. The highest BCUT2D eigenvalue weighted by Gasteiger charge is 2.34. The second kappa shape index (κ2) is 10.4. The van der Waals surface area contributed by atoms with E-state index in [1.165, 1.54) is 23.7 Å². The van der Waals surface area contributed by atoms with E-state index in [0.717, 1.165) is 18.4 Å². The Labute approximate surface area is 198 Å². The SMILES string of the molecule is CC(=O)Nc1ccc(=O)n(C2CCC(c3cccc(Cl)c3)CC2CNC(=O)OC(C)(C)C)n1. The van der Waals surface area contributed by atoms with Gasteiger partial charge in [0.15, 0.2) is 5.82 Å². The lowest BCUT2D eigenvalue weighted by atomic mass is 9.75. The molecule has 2 aromatic rings. The van der Waals surface area contributed by atoms with Crippen LogP contribution < -0.4 is 16.2 Å². The highest BCUT2D eigenvalue weighted by Crippen LogP contribution is 2.41. The molecular formula is C24H31ClN4O4. The van der Waals surface area contributed by atoms with Crippen molar-refractivity contribution in [3.63, 3.8) is 0 Å². The molecule has 178 valence electrons. The molecule has 1 heterocycles. The molecule has 0 aliphatic heterocycles. The van der Waals surface area contributed by atoms with Crippen LogP contribution in [0.25, 0.3) is 0 Å². The Morgan fingerprint density at radius 3 is 2.64 bits per heavy atom. The molecule has 1 aromatic carbocycles. The molecule has 8 nitrogen and oxygen atoms in total. The highest BCUT2D eigenvalue weighted by molar-refractivity contribution is 6.30. The van der Waals surface area contributed by atoms with Crippen LogP contribution in [-0.4, -0.2) is 33.9 Å². The molecule has 2 N–H and O–H groups in total. The highest BCUT2D eigenvalue weighted by atomic mass is 35.5. The summed E-state index contributed by atoms with van der Waals surface area (Å²) in [5.74, 6) is 0.214. The Kier molecular flexibility index (Phi) is 7.79. The number of rotatable bonds is 5. The second-order valence-electron chi connectivity index (χ2n) is 9.46. The molecule has 9 heteroatoms. The minimum atomic E-state index is -0.607. The minimum Gasteiger partial charge on any atom is -0.444 e. The van der Waals surface area contributed by atoms with E-state index in [-0.39, 0.29) is 29.3 Å². The molecule has 33 heavy (non-hydrogen) atoms. The maximum Gasteiger partial charge on any atom is 0.407 e. The van der Waals surface area contributed by atoms with Crippen molar-refractivity contribution in [1.29, 1.82) is 0 Å². The van der Waals surface area contributed by atoms with Crippen molar-refractivity contribution in [2.75, 3.05) is 11.9 Å². The fraction of sp³-hybridized carbons (Fsp3) is 0.500. The van der Waals surface area contributed by atoms with E-state index in [1.54, 1.807) is 0 Å². The van der Waals surface area contributed by atoms with Gasteiger partial charge in [-0.15, -0.1) is 0 Å². The number of hydrogen-bond donors (Lipinski definition) is 2. The summed E-state index contributed by atoms with van der Waals surface area (Å²) in [6.45, 7) is 7.14. The van der Waals surface area contributed by atoms with E-state index >= 15 is 0 Å². The summed E-state index contributed by atoms with van der Waals surface area (Å²) >= 11 is 6.21. The van der Waals surface area contributed by atoms with Crippen LogP contribution in [0.3, 0.4) is 0 Å². The van der Waals surface area contributed by atoms with Crippen LogP contribution >= 0.6 is 11.6 Å². The van der Waals surface area contributed by atoms with Crippen LogP contribution in [0.4, 0.5) is 10.6 Å². The van der Waals surface area contributed by atoms with E-state index in [9.17, 15) is 14.4 Å². The lowest BCUT2D eigenvalue weighted by molar-refractivity contribution is -0.114. The van der Waals surface area contributed by atoms with Crippen LogP contribution in [0.5, 0.6) is 0 Å². The van der Waals surface area contributed by atoms with Gasteiger partial charge >= 0.3 is 6.09 Å². The summed E-state index contributed by atoms with van der Waals surface area (Å²) in [6.07, 6.45) is 1.76. The number of carbonyl (C=O) groups is 2. The van der Waals surface area contributed by atoms with E-state index in [1.807, 2.05) is 39.0 Å². The quantitative estimate of drug-likeness (QED) is 0.664. The van der Waals surface area contributed by atoms with Gasteiger partial charge in [-0.05, 0) is 75.6 Å². The third-order valence-corrected chi connectivity index (χ3v) is 5.85. The molecule has 0 spiro atoms. The number of nitrogens with zero attached hydrogens (tertiary/aromatic N) is 2. The molecule has 1 aliphatic rings. The van der Waals surface area contributed by atoms with Gasteiger partial charge in [0.25, 0.3) is 5.56 Å². The fourth-order valence-corrected chi connectivity index (χ4v) is 4.49. The Balaban J connectivity index is 1.86. The van der Waals surface area contributed by atoms with Gasteiger partial charge in [-0.25, -0.2) is 9.48 Å². The van der Waals surface area contributed by atoms with Crippen molar-refractivity contribution in [2.24, 2.45) is 5.92 Å². The number of amides is 2. The number of carbonyl (C=O) groups excluding carboxylic acids is 2. The summed E-state index contributed by atoms with van der Waals surface area (Å²) in [5.41, 5.74) is 0.276. The van der Waals surface area contributed by atoms with Crippen molar-refractivity contribution >= 4 is 29.4 Å². The molecule has 2 amide bonds. The Morgan fingerprint density at radius 1 is 1.21 bits per heavy atom. The van der Waals surface area contributed by atoms with Gasteiger partial charge in [-0.1, -0.05) is 23.7 Å². The van der Waals surface area contributed by atoms with E-state index in [2.05, 4.69) is 21.8 Å². The largest absolute Gasteiger partial charge is 0.444 e. The van der Waals surface area contributed by atoms with Gasteiger partial charge < -0.3 is 15.4 Å². The molecule has 1 fully saturated rings. The summed E-state index contributed by atoms with van der Waals surface area (Å²) in [5, 5.41) is 10.6. The fourth-order valence-electron chi connectivity index (χ4n) is 4.29. The van der Waals surface area contributed by atoms with Gasteiger partial charge in [0.2, 0.25) is 5.91 Å². The lowest BCUT2D eigenvalue weighted by Crippen LogP contribution is -2.42. The summed E-state index contributed by atoms with van der Waals surface area (Å²) in [4.78, 5) is 36.4. The Hall–Kier alpha value is -2.87. The number of ether oxygens (including phenoxy) is 1. The lowest BCUT2D eigenvalue weighted by Gasteiger charge is -2.37. The maximum absolute atomic E-state index is 12.7. The molecule has 1 aromatic heterocycles. The molecule has 1 aliphatic carbocycles. The first-order valence-electron chi connectivity index (χ1n) is 11.1. The molecule has 0 radical (unpaired) electrons. The summed E-state index contributed by atoms with van der Waals surface area (Å²) < 4.78 is 6.82. The Bertz CT molecular complexity index is 1060. The average molecular weight is 475 g/mol. The van der Waals surface area contributed by atoms with Gasteiger partial charge in [0.1, 0.15) is 5.60 Å². The summed E-state index contributed by atoms with van der Waals surface area (Å²) in [6, 6.07) is 10.4. The van der Waals surface area contributed by atoms with Gasteiger partial charge in [-0.3, -0.25) is 9.59 Å². The average Bonchev–Trinajstić information content (AvgIpc) is 2.72. The topological polar surface area (TPSA) is 102 Å². The van der Waals surface area contributed by atoms with E-state index in [0.29, 0.717) is 23.8 Å². The molecular weight excluding hydrogens is 444 g/mol. The third-order valence-electron chi connectivity index (χ3n) is 5.61. The van der Waals surface area contributed by atoms with Gasteiger partial charge in [-0.2, -0.15) is 5.10 Å². The van der Waals surface area contributed by atoms with E-state index < -0.39 is 11.7 Å². The molecule has 1 saturated carbocycles. The van der Waals surface area contributed by atoms with Crippen LogP contribution in [0.2, 0.25) is 5.02 Å². The van der Waals surface area contributed by atoms with Gasteiger partial charge in [0, 0.05) is 24.6 Å². The van der Waals surface area contributed by atoms with Crippen molar-refractivity contribution in [2.45, 2.75) is 64.5 Å². The molecule has 3 atom stereocenters. The van der Waals surface area contributed by atoms with E-state index in [4.69, 9.17) is 16.3 Å². The number of hydrogen-bond acceptors (Lipinski definition) is 5. The van der Waals surface area contributed by atoms with Crippen molar-refractivity contribution in [1.82, 2.24) is 15.1 Å². The van der Waals surface area contributed by atoms with Crippen molar-refractivity contribution in [3.8, 4) is 0 Å². The smallest absolute Gasteiger partial charge is 0.407 e. The second-order valence-corrected chi connectivity index (χ2v) is 9.89. The van der Waals surface area contributed by atoms with Crippen LogP contribution in [-0.2, 0) is 9.53 Å². The van der Waals surface area contributed by atoms with Crippen LogP contribution in [0, 0.1) is 5.92 Å². The van der Waals surface area contributed by atoms with Crippen LogP contribution in [0.15, 0.2) is 41.2 Å². The number of aromatic nitrogens is 2.